The van der Waals surface area contributed by atoms with E-state index in [1.54, 1.807) is 31.2 Å². The van der Waals surface area contributed by atoms with Gasteiger partial charge in [-0.05, 0) is 25.5 Å². The summed E-state index contributed by atoms with van der Waals surface area (Å²) in [5.74, 6) is -0.768. The van der Waals surface area contributed by atoms with Gasteiger partial charge in [-0.25, -0.2) is 0 Å². The van der Waals surface area contributed by atoms with E-state index in [2.05, 4.69) is 5.32 Å². The highest BCUT2D eigenvalue weighted by atomic mass is 35.5. The third-order valence-electron chi connectivity index (χ3n) is 4.64. The van der Waals surface area contributed by atoms with Crippen molar-refractivity contribution < 1.29 is 14.5 Å². The lowest BCUT2D eigenvalue weighted by molar-refractivity contribution is -0.385. The van der Waals surface area contributed by atoms with Crippen molar-refractivity contribution in [3.05, 3.63) is 73.8 Å². The van der Waals surface area contributed by atoms with Crippen LogP contribution < -0.4 is 5.32 Å². The van der Waals surface area contributed by atoms with Crippen molar-refractivity contribution in [2.45, 2.75) is 39.3 Å². The van der Waals surface area contributed by atoms with Crippen LogP contribution in [0.25, 0.3) is 0 Å². The number of hydrogen-bond donors (Lipinski definition) is 1. The van der Waals surface area contributed by atoms with Gasteiger partial charge in [-0.15, -0.1) is 0 Å². The quantitative estimate of drug-likeness (QED) is 0.451. The van der Waals surface area contributed by atoms with E-state index in [0.717, 1.165) is 6.42 Å². The second-order valence-electron chi connectivity index (χ2n) is 6.75. The maximum atomic E-state index is 13.2. The molecule has 0 radical (unpaired) electrons. The fraction of sp³-hybridized carbons (Fsp3) is 0.333. The molecule has 2 aromatic rings. The molecular weight excluding hydrogens is 429 g/mol. The van der Waals surface area contributed by atoms with Crippen molar-refractivity contribution in [2.75, 3.05) is 6.54 Å². The highest BCUT2D eigenvalue weighted by Gasteiger charge is 2.28. The van der Waals surface area contributed by atoms with Crippen LogP contribution in [0, 0.1) is 10.1 Å². The highest BCUT2D eigenvalue weighted by Crippen LogP contribution is 2.27. The lowest BCUT2D eigenvalue weighted by Crippen LogP contribution is -2.48. The molecule has 0 aliphatic heterocycles. The molecule has 0 aliphatic rings. The average Bonchev–Trinajstić information content (AvgIpc) is 2.71. The second-order valence-corrected chi connectivity index (χ2v) is 7.57. The van der Waals surface area contributed by atoms with Gasteiger partial charge < -0.3 is 10.2 Å². The van der Waals surface area contributed by atoms with Gasteiger partial charge in [-0.3, -0.25) is 19.7 Å². The average molecular weight is 452 g/mol. The summed E-state index contributed by atoms with van der Waals surface area (Å²) in [5.41, 5.74) is 0.625. The minimum Gasteiger partial charge on any atom is -0.354 e. The molecule has 0 saturated carbocycles. The highest BCUT2D eigenvalue weighted by molar-refractivity contribution is 6.36. The zero-order chi connectivity index (χ0) is 22.3. The van der Waals surface area contributed by atoms with Crippen LogP contribution in [-0.4, -0.2) is 34.2 Å². The number of halogens is 2. The van der Waals surface area contributed by atoms with Gasteiger partial charge in [-0.2, -0.15) is 0 Å². The number of nitrogens with zero attached hydrogens (tertiary/aromatic N) is 2. The maximum absolute atomic E-state index is 13.2. The Labute approximate surface area is 185 Å². The van der Waals surface area contributed by atoms with E-state index in [0.29, 0.717) is 22.2 Å². The minimum absolute atomic E-state index is 0.00131. The van der Waals surface area contributed by atoms with Gasteiger partial charge in [0.2, 0.25) is 11.8 Å². The fourth-order valence-electron chi connectivity index (χ4n) is 2.94. The number of hydrogen-bond acceptors (Lipinski definition) is 4. The number of nitrogens with one attached hydrogen (secondary N) is 1. The first kappa shape index (κ1) is 23.6. The number of benzene rings is 2. The topological polar surface area (TPSA) is 92.6 Å². The van der Waals surface area contributed by atoms with Crippen LogP contribution in [0.15, 0.2) is 42.5 Å². The summed E-state index contributed by atoms with van der Waals surface area (Å²) in [6.07, 6.45) is 0.517. The lowest BCUT2D eigenvalue weighted by atomic mass is 10.1. The molecule has 9 heteroatoms. The van der Waals surface area contributed by atoms with Crippen LogP contribution in [0.1, 0.15) is 31.4 Å². The van der Waals surface area contributed by atoms with E-state index in [9.17, 15) is 19.7 Å². The van der Waals surface area contributed by atoms with Gasteiger partial charge in [0, 0.05) is 40.3 Å². The number of carbonyl (C=O) groups excluding carboxylic acids is 2. The molecule has 0 heterocycles. The normalized spacial score (nSPS) is 11.6. The summed E-state index contributed by atoms with van der Waals surface area (Å²) >= 11 is 12.5. The number of nitro groups is 1. The molecule has 0 spiro atoms. The molecule has 0 unspecified atom stereocenters. The second kappa shape index (κ2) is 10.9. The summed E-state index contributed by atoms with van der Waals surface area (Å²) in [5, 5.41) is 14.8. The van der Waals surface area contributed by atoms with Crippen molar-refractivity contribution >= 4 is 40.7 Å². The Balaban J connectivity index is 2.36. The van der Waals surface area contributed by atoms with Crippen LogP contribution in [0.2, 0.25) is 10.0 Å². The number of carbonyl (C=O) groups is 2. The molecule has 160 valence electrons. The standard InChI is InChI=1S/C21H23Cl2N3O4/c1-3-11-24-21(28)14(2)25(13-16-17(22)8-6-9-18(16)23)20(27)12-15-7-4-5-10-19(15)26(29)30/h4-10,14H,3,11-13H2,1-2H3,(H,24,28)/t14-/m0/s1. The Kier molecular flexibility index (Phi) is 8.62. The molecule has 1 N–H and O–H groups in total. The van der Waals surface area contributed by atoms with Crippen molar-refractivity contribution in [1.29, 1.82) is 0 Å². The first-order valence-corrected chi connectivity index (χ1v) is 10.2. The summed E-state index contributed by atoms with van der Waals surface area (Å²) < 4.78 is 0. The Bertz CT molecular complexity index is 916. The number of amides is 2. The van der Waals surface area contributed by atoms with Gasteiger partial charge in [0.05, 0.1) is 11.3 Å². The number of rotatable bonds is 9. The smallest absolute Gasteiger partial charge is 0.273 e. The van der Waals surface area contributed by atoms with Crippen molar-refractivity contribution in [3.63, 3.8) is 0 Å². The van der Waals surface area contributed by atoms with Crippen LogP contribution in [0.5, 0.6) is 0 Å². The van der Waals surface area contributed by atoms with Crippen LogP contribution in [-0.2, 0) is 22.6 Å². The van der Waals surface area contributed by atoms with E-state index < -0.39 is 16.9 Å². The number of para-hydroxylation sites is 1. The van der Waals surface area contributed by atoms with Gasteiger partial charge in [0.1, 0.15) is 6.04 Å². The monoisotopic (exact) mass is 451 g/mol. The molecule has 0 aliphatic carbocycles. The lowest BCUT2D eigenvalue weighted by Gasteiger charge is -2.29. The Morgan fingerprint density at radius 1 is 1.13 bits per heavy atom. The van der Waals surface area contributed by atoms with Gasteiger partial charge in [-0.1, -0.05) is 54.4 Å². The van der Waals surface area contributed by atoms with Crippen molar-refractivity contribution in [3.8, 4) is 0 Å². The molecule has 2 rings (SSSR count). The largest absolute Gasteiger partial charge is 0.354 e. The molecule has 2 aromatic carbocycles. The predicted octanol–water partition coefficient (Wildman–Crippen LogP) is 4.39. The summed E-state index contributed by atoms with van der Waals surface area (Å²) in [6, 6.07) is 10.2. The first-order valence-electron chi connectivity index (χ1n) is 9.48. The van der Waals surface area contributed by atoms with Gasteiger partial charge in [0.25, 0.3) is 5.69 Å². The SMILES string of the molecule is CCCNC(=O)[C@H](C)N(Cc1c(Cl)cccc1Cl)C(=O)Cc1ccccc1[N+](=O)[O-]. The Hall–Kier alpha value is -2.64. The first-order chi connectivity index (χ1) is 14.3. The van der Waals surface area contributed by atoms with E-state index in [1.165, 1.54) is 23.1 Å². The van der Waals surface area contributed by atoms with Crippen molar-refractivity contribution in [2.24, 2.45) is 0 Å². The molecular formula is C21H23Cl2N3O4. The molecule has 2 amide bonds. The van der Waals surface area contributed by atoms with Crippen LogP contribution >= 0.6 is 23.2 Å². The van der Waals surface area contributed by atoms with Gasteiger partial charge in [0.15, 0.2) is 0 Å². The third kappa shape index (κ3) is 5.93. The zero-order valence-corrected chi connectivity index (χ0v) is 18.2. The molecule has 0 saturated heterocycles. The van der Waals surface area contributed by atoms with Crippen LogP contribution in [0.4, 0.5) is 5.69 Å². The third-order valence-corrected chi connectivity index (χ3v) is 5.34. The zero-order valence-electron chi connectivity index (χ0n) is 16.7. The van der Waals surface area contributed by atoms with Gasteiger partial charge >= 0.3 is 0 Å². The van der Waals surface area contributed by atoms with E-state index in [-0.39, 0.29) is 30.1 Å². The predicted molar refractivity (Wildman–Crippen MR) is 117 cm³/mol. The summed E-state index contributed by atoms with van der Waals surface area (Å²) in [7, 11) is 0. The summed E-state index contributed by atoms with van der Waals surface area (Å²) in [4.78, 5) is 37.8. The van der Waals surface area contributed by atoms with Crippen LogP contribution in [0.3, 0.4) is 0 Å². The molecule has 0 bridgehead atoms. The molecule has 0 fully saturated rings. The molecule has 0 aromatic heterocycles. The fourth-order valence-corrected chi connectivity index (χ4v) is 3.45. The molecule has 7 nitrogen and oxygen atoms in total. The van der Waals surface area contributed by atoms with Crippen molar-refractivity contribution in [1.82, 2.24) is 10.2 Å². The Morgan fingerprint density at radius 3 is 2.37 bits per heavy atom. The van der Waals surface area contributed by atoms with E-state index in [4.69, 9.17) is 23.2 Å². The molecule has 30 heavy (non-hydrogen) atoms. The van der Waals surface area contributed by atoms with E-state index >= 15 is 0 Å². The Morgan fingerprint density at radius 2 is 1.77 bits per heavy atom. The maximum Gasteiger partial charge on any atom is 0.273 e. The van der Waals surface area contributed by atoms with E-state index in [1.807, 2.05) is 6.92 Å². The summed E-state index contributed by atoms with van der Waals surface area (Å²) in [6.45, 7) is 4.00. The number of nitro benzene ring substituents is 1. The minimum atomic E-state index is -0.820. The molecule has 1 atom stereocenters.